The lowest BCUT2D eigenvalue weighted by molar-refractivity contribution is 0.0955. The molecule has 6 nitrogen and oxygen atoms in total. The van der Waals surface area contributed by atoms with E-state index in [1.807, 2.05) is 6.92 Å². The molecule has 0 aliphatic carbocycles. The normalized spacial score (nSPS) is 11.5. The van der Waals surface area contributed by atoms with E-state index in [9.17, 15) is 13.2 Å². The molecule has 0 aliphatic rings. The maximum Gasteiger partial charge on any atom is 0.263 e. The third kappa shape index (κ3) is 3.60. The Hall–Kier alpha value is -1.29. The molecule has 2 rings (SSSR count). The summed E-state index contributed by atoms with van der Waals surface area (Å²) in [6.07, 6.45) is 1.51. The van der Waals surface area contributed by atoms with Gasteiger partial charge in [0.05, 0.1) is 17.7 Å². The van der Waals surface area contributed by atoms with Crippen molar-refractivity contribution in [2.24, 2.45) is 5.14 Å². The second kappa shape index (κ2) is 5.37. The molecule has 3 N–H and O–H groups in total. The van der Waals surface area contributed by atoms with E-state index in [-0.39, 0.29) is 16.7 Å². The van der Waals surface area contributed by atoms with E-state index >= 15 is 0 Å². The predicted octanol–water partition coefficient (Wildman–Crippen LogP) is 1.09. The van der Waals surface area contributed by atoms with Crippen molar-refractivity contribution in [3.8, 4) is 0 Å². The summed E-state index contributed by atoms with van der Waals surface area (Å²) in [6.45, 7) is 2.08. The van der Waals surface area contributed by atoms with Crippen molar-refractivity contribution < 1.29 is 13.2 Å². The Morgan fingerprint density at radius 1 is 1.42 bits per heavy atom. The number of aryl methyl sites for hydroxylation is 1. The zero-order valence-electron chi connectivity index (χ0n) is 9.91. The molecule has 0 spiro atoms. The molecule has 1 amide bonds. The lowest BCUT2D eigenvalue weighted by Gasteiger charge is -2.00. The van der Waals surface area contributed by atoms with Gasteiger partial charge in [-0.05, 0) is 19.1 Å². The zero-order chi connectivity index (χ0) is 14.0. The molecule has 0 bridgehead atoms. The number of aromatic nitrogens is 1. The van der Waals surface area contributed by atoms with Crippen LogP contribution in [0.1, 0.15) is 19.6 Å². The molecule has 2 aromatic rings. The standard InChI is InChI=1S/C10H11N3O3S3/c1-6-12-5-8(17-6)10(14)13-4-7-2-3-9(18-7)19(11,15)16/h2-3,5H,4H2,1H3,(H,13,14)(H2,11,15,16). The van der Waals surface area contributed by atoms with Crippen LogP contribution >= 0.6 is 22.7 Å². The summed E-state index contributed by atoms with van der Waals surface area (Å²) in [5.41, 5.74) is 0. The number of amides is 1. The van der Waals surface area contributed by atoms with E-state index in [1.165, 1.54) is 23.6 Å². The Morgan fingerprint density at radius 3 is 2.68 bits per heavy atom. The van der Waals surface area contributed by atoms with Crippen molar-refractivity contribution in [2.75, 3.05) is 0 Å². The lowest BCUT2D eigenvalue weighted by Crippen LogP contribution is -2.21. The number of sulfonamides is 1. The first-order chi connectivity index (χ1) is 8.86. The number of carbonyl (C=O) groups excluding carboxylic acids is 1. The van der Waals surface area contributed by atoms with Gasteiger partial charge in [-0.2, -0.15) is 0 Å². The summed E-state index contributed by atoms with van der Waals surface area (Å²) in [6, 6.07) is 3.06. The van der Waals surface area contributed by atoms with E-state index in [1.54, 1.807) is 6.07 Å². The molecule has 19 heavy (non-hydrogen) atoms. The fourth-order valence-electron chi connectivity index (χ4n) is 1.33. The summed E-state index contributed by atoms with van der Waals surface area (Å²) in [5, 5.41) is 8.53. The predicted molar refractivity (Wildman–Crippen MR) is 73.7 cm³/mol. The van der Waals surface area contributed by atoms with Crippen LogP contribution in [0.5, 0.6) is 0 Å². The summed E-state index contributed by atoms with van der Waals surface area (Å²) in [7, 11) is -3.67. The first kappa shape index (κ1) is 14.1. The largest absolute Gasteiger partial charge is 0.346 e. The zero-order valence-corrected chi connectivity index (χ0v) is 12.4. The van der Waals surface area contributed by atoms with Crippen LogP contribution in [0.3, 0.4) is 0 Å². The lowest BCUT2D eigenvalue weighted by atomic mass is 10.4. The van der Waals surface area contributed by atoms with Gasteiger partial charge in [-0.3, -0.25) is 4.79 Å². The Kier molecular flexibility index (Phi) is 3.99. The Bertz CT molecular complexity index is 702. The van der Waals surface area contributed by atoms with Crippen LogP contribution in [-0.2, 0) is 16.6 Å². The van der Waals surface area contributed by atoms with Crippen LogP contribution in [0.25, 0.3) is 0 Å². The molecule has 0 saturated heterocycles. The van der Waals surface area contributed by atoms with Gasteiger partial charge in [0.1, 0.15) is 9.09 Å². The number of nitrogens with zero attached hydrogens (tertiary/aromatic N) is 1. The number of thiophene rings is 1. The quantitative estimate of drug-likeness (QED) is 0.881. The smallest absolute Gasteiger partial charge is 0.263 e. The first-order valence-electron chi connectivity index (χ1n) is 5.18. The average molecular weight is 317 g/mol. The van der Waals surface area contributed by atoms with E-state index in [0.717, 1.165) is 21.2 Å². The molecule has 0 atom stereocenters. The monoisotopic (exact) mass is 317 g/mol. The number of primary sulfonamides is 1. The van der Waals surface area contributed by atoms with E-state index in [4.69, 9.17) is 5.14 Å². The van der Waals surface area contributed by atoms with Crippen molar-refractivity contribution in [3.63, 3.8) is 0 Å². The molecule has 9 heteroatoms. The van der Waals surface area contributed by atoms with Gasteiger partial charge in [0.25, 0.3) is 5.91 Å². The van der Waals surface area contributed by atoms with Gasteiger partial charge in [-0.1, -0.05) is 0 Å². The summed E-state index contributed by atoms with van der Waals surface area (Å²) in [4.78, 5) is 17.0. The number of rotatable bonds is 4. The van der Waals surface area contributed by atoms with Gasteiger partial charge in [0.15, 0.2) is 0 Å². The third-order valence-corrected chi connectivity index (χ3v) is 5.62. The minimum absolute atomic E-state index is 0.0883. The molecular formula is C10H11N3O3S3. The van der Waals surface area contributed by atoms with E-state index in [0.29, 0.717) is 4.88 Å². The van der Waals surface area contributed by atoms with Gasteiger partial charge < -0.3 is 5.32 Å². The summed E-state index contributed by atoms with van der Waals surface area (Å²) < 4.78 is 22.3. The highest BCUT2D eigenvalue weighted by Crippen LogP contribution is 2.20. The van der Waals surface area contributed by atoms with Crippen molar-refractivity contribution >= 4 is 38.6 Å². The van der Waals surface area contributed by atoms with Gasteiger partial charge in [0.2, 0.25) is 10.0 Å². The number of thiazole rings is 1. The Labute approximate surface area is 118 Å². The van der Waals surface area contributed by atoms with E-state index < -0.39 is 10.0 Å². The molecule has 102 valence electrons. The fraction of sp³-hybridized carbons (Fsp3) is 0.200. The van der Waals surface area contributed by atoms with E-state index in [2.05, 4.69) is 10.3 Å². The first-order valence-corrected chi connectivity index (χ1v) is 8.36. The van der Waals surface area contributed by atoms with Crippen LogP contribution in [0, 0.1) is 6.92 Å². The Morgan fingerprint density at radius 2 is 2.16 bits per heavy atom. The molecule has 0 radical (unpaired) electrons. The van der Waals surface area contributed by atoms with Crippen LogP contribution in [0.4, 0.5) is 0 Å². The van der Waals surface area contributed by atoms with Gasteiger partial charge >= 0.3 is 0 Å². The number of nitrogens with one attached hydrogen (secondary N) is 1. The summed E-state index contributed by atoms with van der Waals surface area (Å²) in [5.74, 6) is -0.226. The molecule has 0 aliphatic heterocycles. The average Bonchev–Trinajstić information content (AvgIpc) is 2.93. The SMILES string of the molecule is Cc1ncc(C(=O)NCc2ccc(S(N)(=O)=O)s2)s1. The summed E-state index contributed by atoms with van der Waals surface area (Å²) >= 11 is 2.35. The van der Waals surface area contributed by atoms with Gasteiger partial charge in [-0.15, -0.1) is 22.7 Å². The minimum Gasteiger partial charge on any atom is -0.346 e. The van der Waals surface area contributed by atoms with Crippen LogP contribution in [-0.4, -0.2) is 19.3 Å². The number of carbonyl (C=O) groups is 1. The third-order valence-electron chi connectivity index (χ3n) is 2.19. The van der Waals surface area contributed by atoms with Crippen molar-refractivity contribution in [2.45, 2.75) is 17.7 Å². The van der Waals surface area contributed by atoms with Crippen molar-refractivity contribution in [1.29, 1.82) is 0 Å². The number of hydrogen-bond acceptors (Lipinski definition) is 6. The van der Waals surface area contributed by atoms with Gasteiger partial charge in [0, 0.05) is 4.88 Å². The molecule has 0 fully saturated rings. The van der Waals surface area contributed by atoms with Crippen molar-refractivity contribution in [1.82, 2.24) is 10.3 Å². The second-order valence-corrected chi connectivity index (χ2v) is 7.88. The molecule has 2 aromatic heterocycles. The van der Waals surface area contributed by atoms with Crippen LogP contribution < -0.4 is 10.5 Å². The maximum absolute atomic E-state index is 11.8. The highest BCUT2D eigenvalue weighted by molar-refractivity contribution is 7.91. The second-order valence-electron chi connectivity index (χ2n) is 3.69. The van der Waals surface area contributed by atoms with Crippen molar-refractivity contribution in [3.05, 3.63) is 33.1 Å². The number of nitrogens with two attached hydrogens (primary N) is 1. The minimum atomic E-state index is -3.67. The van der Waals surface area contributed by atoms with Crippen LogP contribution in [0.2, 0.25) is 0 Å². The fourth-order valence-corrected chi connectivity index (χ4v) is 3.74. The Balaban J connectivity index is 1.99. The molecule has 2 heterocycles. The highest BCUT2D eigenvalue weighted by Gasteiger charge is 2.13. The molecule has 0 aromatic carbocycles. The molecular weight excluding hydrogens is 306 g/mol. The topological polar surface area (TPSA) is 102 Å². The maximum atomic E-state index is 11.8. The molecule has 0 unspecified atom stereocenters. The highest BCUT2D eigenvalue weighted by atomic mass is 32.2. The van der Waals surface area contributed by atoms with Gasteiger partial charge in [-0.25, -0.2) is 18.5 Å². The van der Waals surface area contributed by atoms with Crippen LogP contribution in [0.15, 0.2) is 22.5 Å². The number of hydrogen-bond donors (Lipinski definition) is 2. The molecule has 0 saturated carbocycles.